The van der Waals surface area contributed by atoms with Crippen LogP contribution in [-0.4, -0.2) is 25.0 Å². The lowest BCUT2D eigenvalue weighted by molar-refractivity contribution is -0.507. The van der Waals surface area contributed by atoms with Gasteiger partial charge < -0.3 is 0 Å². The van der Waals surface area contributed by atoms with E-state index < -0.39 is 0 Å². The van der Waals surface area contributed by atoms with E-state index in [1.54, 1.807) is 11.7 Å². The predicted octanol–water partition coefficient (Wildman–Crippen LogP) is 0.716. The van der Waals surface area contributed by atoms with E-state index in [0.717, 1.165) is 0 Å². The van der Waals surface area contributed by atoms with Gasteiger partial charge in [0.15, 0.2) is 0 Å². The second-order valence-corrected chi connectivity index (χ2v) is 1.12. The van der Waals surface area contributed by atoms with Crippen molar-refractivity contribution in [2.75, 3.05) is 14.1 Å². The Hall–Kier alpha value is -0.730. The Morgan fingerprint density at radius 1 is 1.57 bits per heavy atom. The topological polar surface area (TPSA) is 27.7 Å². The lowest BCUT2D eigenvalue weighted by Gasteiger charge is -1.75. The molecular formula is C4H10N3+. The molecule has 3 nitrogen and oxygen atoms in total. The van der Waals surface area contributed by atoms with Crippen molar-refractivity contribution in [1.29, 1.82) is 0 Å². The third kappa shape index (κ3) is 3.09. The van der Waals surface area contributed by atoms with Crippen LogP contribution < -0.4 is 0 Å². The molecule has 7 heavy (non-hydrogen) atoms. The number of nitrogens with zero attached hydrogens (tertiary/aromatic N) is 3. The highest BCUT2D eigenvalue weighted by Crippen LogP contribution is 1.66. The van der Waals surface area contributed by atoms with Gasteiger partial charge in [0.1, 0.15) is 19.3 Å². The summed E-state index contributed by atoms with van der Waals surface area (Å²) in [6.45, 7) is 1.90. The molecule has 0 aromatic carbocycles. The van der Waals surface area contributed by atoms with Crippen molar-refractivity contribution in [1.82, 2.24) is 0 Å². The van der Waals surface area contributed by atoms with Crippen LogP contribution >= 0.6 is 0 Å². The number of hydrogen-bond acceptors (Lipinski definition) is 2. The normalized spacial score (nSPS) is 13.3. The first-order valence-corrected chi connectivity index (χ1v) is 2.13. The average molecular weight is 100 g/mol. The van der Waals surface area contributed by atoms with Gasteiger partial charge in [-0.2, -0.15) is 0 Å². The van der Waals surface area contributed by atoms with Crippen molar-refractivity contribution in [2.24, 2.45) is 10.3 Å². The zero-order valence-electron chi connectivity index (χ0n) is 4.92. The van der Waals surface area contributed by atoms with E-state index in [2.05, 4.69) is 10.3 Å². The van der Waals surface area contributed by atoms with Crippen LogP contribution in [0.5, 0.6) is 0 Å². The molecule has 0 N–H and O–H groups in total. The first-order valence-electron chi connectivity index (χ1n) is 2.13. The third-order valence-electron chi connectivity index (χ3n) is 0.604. The van der Waals surface area contributed by atoms with Crippen LogP contribution in [0.4, 0.5) is 0 Å². The molecule has 0 spiro atoms. The Morgan fingerprint density at radius 2 is 2.14 bits per heavy atom. The third-order valence-corrected chi connectivity index (χ3v) is 0.604. The molecule has 0 aromatic heterocycles. The van der Waals surface area contributed by atoms with E-state index in [-0.39, 0.29) is 0 Å². The molecule has 0 aliphatic heterocycles. The van der Waals surface area contributed by atoms with Crippen molar-refractivity contribution in [3.63, 3.8) is 0 Å². The highest BCUT2D eigenvalue weighted by atomic mass is 15.5. The van der Waals surface area contributed by atoms with Gasteiger partial charge in [-0.05, 0) is 6.92 Å². The molecule has 0 unspecified atom stereocenters. The van der Waals surface area contributed by atoms with E-state index in [1.165, 1.54) is 0 Å². The summed E-state index contributed by atoms with van der Waals surface area (Å²) in [5.41, 5.74) is 0. The fourth-order valence-corrected chi connectivity index (χ4v) is 0.193. The minimum absolute atomic E-state index is 1.64. The van der Waals surface area contributed by atoms with E-state index in [9.17, 15) is 0 Å². The van der Waals surface area contributed by atoms with Gasteiger partial charge in [0, 0.05) is 5.11 Å². The first-order chi connectivity index (χ1) is 3.31. The maximum absolute atomic E-state index is 3.65. The molecule has 0 heterocycles. The Labute approximate surface area is 43.4 Å². The maximum atomic E-state index is 3.65. The molecular weight excluding hydrogens is 90.1 g/mol. The van der Waals surface area contributed by atoms with Crippen molar-refractivity contribution in [3.05, 3.63) is 0 Å². The summed E-state index contributed by atoms with van der Waals surface area (Å²) in [4.78, 5) is 0. The molecule has 0 saturated heterocycles. The summed E-state index contributed by atoms with van der Waals surface area (Å²) in [5, 5.41) is 7.17. The van der Waals surface area contributed by atoms with Crippen LogP contribution in [0.2, 0.25) is 0 Å². The number of hydrogen-bond donors (Lipinski definition) is 0. The molecule has 0 rings (SSSR count). The van der Waals surface area contributed by atoms with Crippen molar-refractivity contribution >= 4 is 6.21 Å². The zero-order chi connectivity index (χ0) is 5.70. The quantitative estimate of drug-likeness (QED) is 0.201. The van der Waals surface area contributed by atoms with Gasteiger partial charge >= 0.3 is 0 Å². The standard InChI is InChI=1S/C4H10N3/c1-4-7(3)6-5-2/h4H,1-3H3/q+1. The Morgan fingerprint density at radius 3 is 2.29 bits per heavy atom. The fourth-order valence-electron chi connectivity index (χ4n) is 0.193. The monoisotopic (exact) mass is 100 g/mol. The lowest BCUT2D eigenvalue weighted by Crippen LogP contribution is -1.92. The summed E-state index contributed by atoms with van der Waals surface area (Å²) >= 11 is 0. The molecule has 0 aliphatic rings. The Balaban J connectivity index is 3.58. The van der Waals surface area contributed by atoms with E-state index in [0.29, 0.717) is 0 Å². The van der Waals surface area contributed by atoms with Crippen LogP contribution in [0.25, 0.3) is 0 Å². The van der Waals surface area contributed by atoms with Crippen molar-refractivity contribution in [3.8, 4) is 0 Å². The largest absolute Gasteiger partial charge is 0.147 e. The van der Waals surface area contributed by atoms with Gasteiger partial charge in [-0.15, -0.1) is 4.68 Å². The van der Waals surface area contributed by atoms with Gasteiger partial charge in [-0.1, -0.05) is 0 Å². The lowest BCUT2D eigenvalue weighted by atomic mass is 10.9. The summed E-state index contributed by atoms with van der Waals surface area (Å²) in [6, 6.07) is 0. The van der Waals surface area contributed by atoms with Gasteiger partial charge in [0.05, 0.1) is 6.21 Å². The summed E-state index contributed by atoms with van der Waals surface area (Å²) in [7, 11) is 3.47. The fraction of sp³-hybridized carbons (Fsp3) is 0.750. The van der Waals surface area contributed by atoms with Crippen LogP contribution in [-0.2, 0) is 0 Å². The highest BCUT2D eigenvalue weighted by Gasteiger charge is 1.76. The zero-order valence-corrected chi connectivity index (χ0v) is 4.92. The molecule has 0 aromatic rings. The van der Waals surface area contributed by atoms with Crippen LogP contribution in [0, 0.1) is 0 Å². The molecule has 40 valence electrons. The van der Waals surface area contributed by atoms with Crippen molar-refractivity contribution in [2.45, 2.75) is 6.92 Å². The van der Waals surface area contributed by atoms with Crippen LogP contribution in [0.15, 0.2) is 10.3 Å². The summed E-state index contributed by atoms with van der Waals surface area (Å²) in [6.07, 6.45) is 1.83. The smallest absolute Gasteiger partial charge is 0.146 e. The predicted molar refractivity (Wildman–Crippen MR) is 28.7 cm³/mol. The molecule has 0 saturated carbocycles. The van der Waals surface area contributed by atoms with Gasteiger partial charge in [0.25, 0.3) is 0 Å². The van der Waals surface area contributed by atoms with Gasteiger partial charge in [-0.25, -0.2) is 0 Å². The Kier molecular flexibility index (Phi) is 3.10. The van der Waals surface area contributed by atoms with Crippen molar-refractivity contribution < 1.29 is 4.68 Å². The highest BCUT2D eigenvalue weighted by molar-refractivity contribution is 5.46. The molecule has 0 radical (unpaired) electrons. The SMILES string of the molecule is CC=[N+](C)N=NC. The van der Waals surface area contributed by atoms with Gasteiger partial charge in [0.2, 0.25) is 0 Å². The number of rotatable bonds is 1. The second-order valence-electron chi connectivity index (χ2n) is 1.12. The molecule has 0 amide bonds. The molecule has 0 bridgehead atoms. The molecule has 0 atom stereocenters. The molecule has 0 aliphatic carbocycles. The Bertz CT molecular complexity index is 93.1. The van der Waals surface area contributed by atoms with E-state index in [1.807, 2.05) is 20.2 Å². The summed E-state index contributed by atoms with van der Waals surface area (Å²) in [5.74, 6) is 0. The van der Waals surface area contributed by atoms with Crippen LogP contribution in [0.3, 0.4) is 0 Å². The second kappa shape index (κ2) is 3.46. The minimum atomic E-state index is 1.64. The van der Waals surface area contributed by atoms with Gasteiger partial charge in [-0.3, -0.25) is 0 Å². The molecule has 0 fully saturated rings. The van der Waals surface area contributed by atoms with Crippen LogP contribution in [0.1, 0.15) is 6.92 Å². The first kappa shape index (κ1) is 6.27. The molecule has 3 heteroatoms. The average Bonchev–Trinajstić information content (AvgIpc) is 1.68. The minimum Gasteiger partial charge on any atom is -0.146 e. The maximum Gasteiger partial charge on any atom is 0.147 e. The summed E-state index contributed by atoms with van der Waals surface area (Å²) < 4.78 is 1.64. The van der Waals surface area contributed by atoms with E-state index >= 15 is 0 Å². The van der Waals surface area contributed by atoms with E-state index in [4.69, 9.17) is 0 Å².